The van der Waals surface area contributed by atoms with Crippen molar-refractivity contribution in [3.05, 3.63) is 65.9 Å². The van der Waals surface area contributed by atoms with Gasteiger partial charge in [-0.15, -0.1) is 0 Å². The van der Waals surface area contributed by atoms with Crippen molar-refractivity contribution in [3.63, 3.8) is 0 Å². The van der Waals surface area contributed by atoms with Crippen LogP contribution >= 0.6 is 0 Å². The molecule has 1 N–H and O–H groups in total. The van der Waals surface area contributed by atoms with Crippen molar-refractivity contribution in [1.29, 1.82) is 0 Å². The van der Waals surface area contributed by atoms with Crippen LogP contribution in [0.1, 0.15) is 26.7 Å². The third kappa shape index (κ3) is 3.12. The molecule has 1 aliphatic rings. The number of fused-ring (bicyclic) bond motifs is 1. The number of nitrogens with one attached hydrogen (secondary N) is 1. The van der Waals surface area contributed by atoms with E-state index in [1.54, 1.807) is 24.1 Å². The van der Waals surface area contributed by atoms with E-state index in [0.29, 0.717) is 37.5 Å². The molecule has 0 bridgehead atoms. The Morgan fingerprint density at radius 3 is 2.59 bits per heavy atom. The van der Waals surface area contributed by atoms with Crippen molar-refractivity contribution in [2.75, 3.05) is 20.1 Å². The quantitative estimate of drug-likeness (QED) is 0.773. The third-order valence-corrected chi connectivity index (χ3v) is 4.78. The average molecular weight is 364 g/mol. The number of hydrogen-bond acceptors (Lipinski definition) is 4. The summed E-state index contributed by atoms with van der Waals surface area (Å²) in [6.45, 7) is 1.59. The van der Waals surface area contributed by atoms with E-state index >= 15 is 0 Å². The molecule has 0 unspecified atom stereocenters. The van der Waals surface area contributed by atoms with Crippen LogP contribution in [-0.4, -0.2) is 46.4 Å². The van der Waals surface area contributed by atoms with Gasteiger partial charge < -0.3 is 19.2 Å². The second-order valence-corrected chi connectivity index (χ2v) is 6.35. The Kier molecular flexibility index (Phi) is 4.50. The molecular formula is C20H20N4O3. The van der Waals surface area contributed by atoms with Crippen LogP contribution in [0.4, 0.5) is 0 Å². The van der Waals surface area contributed by atoms with Crippen LogP contribution in [0, 0.1) is 0 Å². The molecule has 2 amide bonds. The number of hydrogen-bond donors (Lipinski definition) is 1. The van der Waals surface area contributed by atoms with Gasteiger partial charge in [-0.2, -0.15) is 0 Å². The molecule has 3 aromatic rings. The minimum Gasteiger partial charge on any atom is -0.459 e. The molecule has 4 rings (SSSR count). The SMILES string of the molecule is CNC(=O)c1nc(-c2ccccc2)n2c1CCN(C(=O)c1ccco1)CC2. The fraction of sp³-hybridized carbons (Fsp3) is 0.250. The molecule has 1 aliphatic heterocycles. The molecule has 27 heavy (non-hydrogen) atoms. The lowest BCUT2D eigenvalue weighted by Gasteiger charge is -2.18. The van der Waals surface area contributed by atoms with Crippen molar-refractivity contribution in [1.82, 2.24) is 19.8 Å². The second kappa shape index (κ2) is 7.11. The first-order valence-corrected chi connectivity index (χ1v) is 8.88. The maximum absolute atomic E-state index is 12.6. The number of rotatable bonds is 3. The number of carbonyl (C=O) groups excluding carboxylic acids is 2. The molecule has 2 aromatic heterocycles. The van der Waals surface area contributed by atoms with E-state index in [9.17, 15) is 9.59 Å². The van der Waals surface area contributed by atoms with Crippen molar-refractivity contribution >= 4 is 11.8 Å². The van der Waals surface area contributed by atoms with Gasteiger partial charge in [0.25, 0.3) is 11.8 Å². The number of nitrogens with zero attached hydrogens (tertiary/aromatic N) is 3. The Balaban J connectivity index is 1.70. The molecule has 0 aliphatic carbocycles. The van der Waals surface area contributed by atoms with Gasteiger partial charge in [0.15, 0.2) is 5.76 Å². The molecular weight excluding hydrogens is 344 g/mol. The van der Waals surface area contributed by atoms with Gasteiger partial charge in [0.05, 0.1) is 12.0 Å². The molecule has 1 aromatic carbocycles. The van der Waals surface area contributed by atoms with Gasteiger partial charge in [-0.25, -0.2) is 4.98 Å². The zero-order valence-corrected chi connectivity index (χ0v) is 15.0. The topological polar surface area (TPSA) is 80.4 Å². The lowest BCUT2D eigenvalue weighted by atomic mass is 10.2. The summed E-state index contributed by atoms with van der Waals surface area (Å²) < 4.78 is 7.30. The summed E-state index contributed by atoms with van der Waals surface area (Å²) in [5.74, 6) is 0.721. The van der Waals surface area contributed by atoms with Crippen LogP contribution in [0.25, 0.3) is 11.4 Å². The van der Waals surface area contributed by atoms with Crippen LogP contribution in [0.3, 0.4) is 0 Å². The van der Waals surface area contributed by atoms with Crippen LogP contribution in [-0.2, 0) is 13.0 Å². The fourth-order valence-electron chi connectivity index (χ4n) is 3.42. The summed E-state index contributed by atoms with van der Waals surface area (Å²) in [4.78, 5) is 31.4. The molecule has 0 atom stereocenters. The van der Waals surface area contributed by atoms with E-state index in [0.717, 1.165) is 17.1 Å². The van der Waals surface area contributed by atoms with Gasteiger partial charge in [0.1, 0.15) is 11.5 Å². The second-order valence-electron chi connectivity index (χ2n) is 6.35. The standard InChI is InChI=1S/C20H20N4O3/c1-21-19(25)17-15-9-10-23(20(26)16-8-5-13-27-16)11-12-24(15)18(22-17)14-6-3-2-4-7-14/h2-8,13H,9-12H2,1H3,(H,21,25). The monoisotopic (exact) mass is 364 g/mol. The summed E-state index contributed by atoms with van der Waals surface area (Å²) in [6, 6.07) is 13.1. The Hall–Kier alpha value is -3.35. The first-order chi connectivity index (χ1) is 13.2. The van der Waals surface area contributed by atoms with Crippen molar-refractivity contribution < 1.29 is 14.0 Å². The van der Waals surface area contributed by atoms with Crippen molar-refractivity contribution in [2.24, 2.45) is 0 Å². The van der Waals surface area contributed by atoms with Gasteiger partial charge in [0, 0.05) is 38.7 Å². The van der Waals surface area contributed by atoms with E-state index in [2.05, 4.69) is 14.9 Å². The minimum atomic E-state index is -0.216. The molecule has 3 heterocycles. The zero-order chi connectivity index (χ0) is 18.8. The summed E-state index contributed by atoms with van der Waals surface area (Å²) in [7, 11) is 1.60. The predicted molar refractivity (Wildman–Crippen MR) is 99.4 cm³/mol. The van der Waals surface area contributed by atoms with E-state index in [1.165, 1.54) is 6.26 Å². The molecule has 0 saturated heterocycles. The van der Waals surface area contributed by atoms with E-state index < -0.39 is 0 Å². The predicted octanol–water partition coefficient (Wildman–Crippen LogP) is 2.20. The summed E-state index contributed by atoms with van der Waals surface area (Å²) in [6.07, 6.45) is 2.05. The zero-order valence-electron chi connectivity index (χ0n) is 15.0. The average Bonchev–Trinajstić information content (AvgIpc) is 3.31. The van der Waals surface area contributed by atoms with Gasteiger partial charge >= 0.3 is 0 Å². The first-order valence-electron chi connectivity index (χ1n) is 8.88. The van der Waals surface area contributed by atoms with Crippen LogP contribution in [0.5, 0.6) is 0 Å². The van der Waals surface area contributed by atoms with E-state index in [-0.39, 0.29) is 11.8 Å². The van der Waals surface area contributed by atoms with E-state index in [1.807, 2.05) is 30.3 Å². The lowest BCUT2D eigenvalue weighted by molar-refractivity contribution is 0.0727. The fourth-order valence-corrected chi connectivity index (χ4v) is 3.42. The van der Waals surface area contributed by atoms with Gasteiger partial charge in [-0.3, -0.25) is 9.59 Å². The van der Waals surface area contributed by atoms with Crippen molar-refractivity contribution in [2.45, 2.75) is 13.0 Å². The molecule has 138 valence electrons. The first kappa shape index (κ1) is 17.1. The van der Waals surface area contributed by atoms with E-state index in [4.69, 9.17) is 4.42 Å². The Morgan fingerprint density at radius 1 is 1.07 bits per heavy atom. The van der Waals surface area contributed by atoms with Crippen molar-refractivity contribution in [3.8, 4) is 11.4 Å². The Labute approximate surface area is 156 Å². The normalized spacial score (nSPS) is 13.7. The minimum absolute atomic E-state index is 0.138. The molecule has 7 nitrogen and oxygen atoms in total. The number of carbonyl (C=O) groups is 2. The maximum atomic E-state index is 12.6. The largest absolute Gasteiger partial charge is 0.459 e. The molecule has 0 saturated carbocycles. The maximum Gasteiger partial charge on any atom is 0.289 e. The number of furan rings is 1. The highest BCUT2D eigenvalue weighted by molar-refractivity contribution is 5.94. The number of amides is 2. The van der Waals surface area contributed by atoms with Gasteiger partial charge in [0.2, 0.25) is 0 Å². The number of benzene rings is 1. The van der Waals surface area contributed by atoms with Gasteiger partial charge in [-0.05, 0) is 12.1 Å². The highest BCUT2D eigenvalue weighted by Crippen LogP contribution is 2.25. The van der Waals surface area contributed by atoms with Gasteiger partial charge in [-0.1, -0.05) is 30.3 Å². The molecule has 0 fully saturated rings. The number of aromatic nitrogens is 2. The molecule has 0 spiro atoms. The molecule has 7 heteroatoms. The number of imidazole rings is 1. The lowest BCUT2D eigenvalue weighted by Crippen LogP contribution is -2.33. The Bertz CT molecular complexity index is 961. The Morgan fingerprint density at radius 2 is 1.89 bits per heavy atom. The third-order valence-electron chi connectivity index (χ3n) is 4.78. The summed E-state index contributed by atoms with van der Waals surface area (Å²) >= 11 is 0. The summed E-state index contributed by atoms with van der Waals surface area (Å²) in [5.41, 5.74) is 2.21. The van der Waals surface area contributed by atoms with Crippen LogP contribution in [0.2, 0.25) is 0 Å². The highest BCUT2D eigenvalue weighted by atomic mass is 16.3. The van der Waals surface area contributed by atoms with Crippen LogP contribution in [0.15, 0.2) is 53.1 Å². The smallest absolute Gasteiger partial charge is 0.289 e. The van der Waals surface area contributed by atoms with Crippen LogP contribution < -0.4 is 5.32 Å². The highest BCUT2D eigenvalue weighted by Gasteiger charge is 2.28. The molecule has 0 radical (unpaired) electrons. The summed E-state index contributed by atoms with van der Waals surface area (Å²) in [5, 5.41) is 2.66.